The van der Waals surface area contributed by atoms with Crippen LogP contribution in [0.5, 0.6) is 0 Å². The van der Waals surface area contributed by atoms with Gasteiger partial charge in [-0.25, -0.2) is 0 Å². The van der Waals surface area contributed by atoms with Crippen LogP contribution >= 0.6 is 15.9 Å². The number of hydrogen-bond donors (Lipinski definition) is 1. The Labute approximate surface area is 96.0 Å². The van der Waals surface area contributed by atoms with E-state index in [9.17, 15) is 9.90 Å². The zero-order valence-corrected chi connectivity index (χ0v) is 9.90. The average molecular weight is 274 g/mol. The van der Waals surface area contributed by atoms with Crippen LogP contribution in [0.25, 0.3) is 0 Å². The number of furan rings is 1. The van der Waals surface area contributed by atoms with E-state index in [0.29, 0.717) is 23.5 Å². The quantitative estimate of drug-likeness (QED) is 0.844. The fourth-order valence-electron chi connectivity index (χ4n) is 1.70. The third kappa shape index (κ3) is 2.08. The fraction of sp³-hybridized carbons (Fsp3) is 0.500. The van der Waals surface area contributed by atoms with Crippen LogP contribution in [-0.2, 0) is 0 Å². The largest absolute Gasteiger partial charge is 0.444 e. The minimum atomic E-state index is -0.424. The van der Waals surface area contributed by atoms with Crippen molar-refractivity contribution in [2.75, 3.05) is 13.1 Å². The van der Waals surface area contributed by atoms with E-state index in [1.54, 1.807) is 17.0 Å². The molecule has 2 atom stereocenters. The van der Waals surface area contributed by atoms with Gasteiger partial charge in [-0.05, 0) is 28.1 Å². The van der Waals surface area contributed by atoms with Crippen molar-refractivity contribution < 1.29 is 14.3 Å². The van der Waals surface area contributed by atoms with Gasteiger partial charge in [0.05, 0.1) is 6.10 Å². The van der Waals surface area contributed by atoms with Crippen LogP contribution in [0.3, 0.4) is 0 Å². The summed E-state index contributed by atoms with van der Waals surface area (Å²) in [6, 6.07) is 3.31. The number of aliphatic hydroxyl groups is 1. The molecule has 2 rings (SSSR count). The zero-order chi connectivity index (χ0) is 11.0. The van der Waals surface area contributed by atoms with Crippen LogP contribution in [0.2, 0.25) is 0 Å². The molecule has 4 nitrogen and oxygen atoms in total. The Hall–Kier alpha value is -0.810. The summed E-state index contributed by atoms with van der Waals surface area (Å²) in [5.74, 6) is 0.277. The monoisotopic (exact) mass is 273 g/mol. The summed E-state index contributed by atoms with van der Waals surface area (Å²) in [6.45, 7) is 2.90. The number of amides is 1. The highest BCUT2D eigenvalue weighted by molar-refractivity contribution is 9.10. The van der Waals surface area contributed by atoms with Crippen LogP contribution in [0.1, 0.15) is 17.5 Å². The number of nitrogens with zero attached hydrogens (tertiary/aromatic N) is 1. The molecule has 82 valence electrons. The molecule has 0 saturated carbocycles. The van der Waals surface area contributed by atoms with Crippen molar-refractivity contribution in [1.29, 1.82) is 0 Å². The van der Waals surface area contributed by atoms with Crippen molar-refractivity contribution in [3.8, 4) is 0 Å². The second-order valence-electron chi connectivity index (χ2n) is 3.86. The van der Waals surface area contributed by atoms with Crippen LogP contribution in [0, 0.1) is 5.92 Å². The van der Waals surface area contributed by atoms with E-state index >= 15 is 0 Å². The molecule has 1 aromatic heterocycles. The number of carbonyl (C=O) groups is 1. The summed E-state index contributed by atoms with van der Waals surface area (Å²) < 4.78 is 5.71. The van der Waals surface area contributed by atoms with E-state index in [0.717, 1.165) is 0 Å². The highest BCUT2D eigenvalue weighted by Gasteiger charge is 2.32. The summed E-state index contributed by atoms with van der Waals surface area (Å²) in [6.07, 6.45) is -0.424. The molecule has 1 aliphatic rings. The third-order valence-corrected chi connectivity index (χ3v) is 3.07. The molecular weight excluding hydrogens is 262 g/mol. The number of rotatable bonds is 1. The Morgan fingerprint density at radius 2 is 2.33 bits per heavy atom. The van der Waals surface area contributed by atoms with Gasteiger partial charge in [0.15, 0.2) is 10.4 Å². The van der Waals surface area contributed by atoms with Crippen molar-refractivity contribution >= 4 is 21.8 Å². The van der Waals surface area contributed by atoms with E-state index in [4.69, 9.17) is 4.42 Å². The predicted molar refractivity (Wildman–Crippen MR) is 57.5 cm³/mol. The summed E-state index contributed by atoms with van der Waals surface area (Å²) in [5, 5.41) is 9.54. The van der Waals surface area contributed by atoms with Crippen molar-refractivity contribution in [3.05, 3.63) is 22.6 Å². The standard InChI is InChI=1S/C10H12BrNO3/c1-6-4-12(5-7(6)13)10(14)8-2-3-9(11)15-8/h2-3,6-7,13H,4-5H2,1H3. The van der Waals surface area contributed by atoms with Gasteiger partial charge in [-0.15, -0.1) is 0 Å². The summed E-state index contributed by atoms with van der Waals surface area (Å²) in [7, 11) is 0. The summed E-state index contributed by atoms with van der Waals surface area (Å²) >= 11 is 3.15. The first-order valence-electron chi connectivity index (χ1n) is 4.80. The fourth-order valence-corrected chi connectivity index (χ4v) is 2.01. The van der Waals surface area contributed by atoms with Gasteiger partial charge in [-0.3, -0.25) is 4.79 Å². The molecule has 1 N–H and O–H groups in total. The molecule has 0 bridgehead atoms. The molecule has 0 aliphatic carbocycles. The minimum Gasteiger partial charge on any atom is -0.444 e. The lowest BCUT2D eigenvalue weighted by Gasteiger charge is -2.13. The van der Waals surface area contributed by atoms with Gasteiger partial charge in [0.2, 0.25) is 0 Å². The topological polar surface area (TPSA) is 53.7 Å². The number of carbonyl (C=O) groups excluding carboxylic acids is 1. The molecule has 1 aliphatic heterocycles. The second-order valence-corrected chi connectivity index (χ2v) is 4.64. The molecule has 2 unspecified atom stereocenters. The number of β-amino-alcohol motifs (C(OH)–C–C–N with tert-alkyl or cyclic N) is 1. The third-order valence-electron chi connectivity index (χ3n) is 2.64. The lowest BCUT2D eigenvalue weighted by atomic mass is 10.1. The minimum absolute atomic E-state index is 0.132. The Morgan fingerprint density at radius 3 is 2.80 bits per heavy atom. The lowest BCUT2D eigenvalue weighted by molar-refractivity contribution is 0.0732. The summed E-state index contributed by atoms with van der Waals surface area (Å²) in [4.78, 5) is 13.5. The van der Waals surface area contributed by atoms with E-state index in [-0.39, 0.29) is 11.8 Å². The second kappa shape index (κ2) is 3.98. The van der Waals surface area contributed by atoms with Crippen molar-refractivity contribution in [2.45, 2.75) is 13.0 Å². The lowest BCUT2D eigenvalue weighted by Crippen LogP contribution is -2.29. The van der Waals surface area contributed by atoms with Crippen LogP contribution < -0.4 is 0 Å². The molecule has 1 fully saturated rings. The molecule has 0 radical (unpaired) electrons. The maximum atomic E-state index is 11.9. The Balaban J connectivity index is 2.10. The van der Waals surface area contributed by atoms with Gasteiger partial charge in [0.1, 0.15) is 0 Å². The average Bonchev–Trinajstić information content (AvgIpc) is 2.74. The van der Waals surface area contributed by atoms with Gasteiger partial charge >= 0.3 is 0 Å². The number of likely N-dealkylation sites (tertiary alicyclic amines) is 1. The highest BCUT2D eigenvalue weighted by atomic mass is 79.9. The van der Waals surface area contributed by atoms with Gasteiger partial charge in [0, 0.05) is 19.0 Å². The van der Waals surface area contributed by atoms with Crippen LogP contribution in [-0.4, -0.2) is 35.1 Å². The number of halogens is 1. The first-order chi connectivity index (χ1) is 7.08. The van der Waals surface area contributed by atoms with Crippen molar-refractivity contribution in [3.63, 3.8) is 0 Å². The maximum absolute atomic E-state index is 11.9. The molecule has 15 heavy (non-hydrogen) atoms. The number of aliphatic hydroxyl groups excluding tert-OH is 1. The van der Waals surface area contributed by atoms with Gasteiger partial charge in [-0.2, -0.15) is 0 Å². The summed E-state index contributed by atoms with van der Waals surface area (Å²) in [5.41, 5.74) is 0. The number of hydrogen-bond acceptors (Lipinski definition) is 3. The first kappa shape index (κ1) is 10.7. The molecule has 0 spiro atoms. The van der Waals surface area contributed by atoms with E-state index in [1.165, 1.54) is 0 Å². The van der Waals surface area contributed by atoms with E-state index in [2.05, 4.69) is 15.9 Å². The molecule has 1 amide bonds. The van der Waals surface area contributed by atoms with Crippen LogP contribution in [0.4, 0.5) is 0 Å². The van der Waals surface area contributed by atoms with Gasteiger partial charge in [-0.1, -0.05) is 6.92 Å². The Morgan fingerprint density at radius 1 is 1.60 bits per heavy atom. The Bertz CT molecular complexity index is 366. The maximum Gasteiger partial charge on any atom is 0.289 e. The van der Waals surface area contributed by atoms with Crippen molar-refractivity contribution in [1.82, 2.24) is 4.90 Å². The van der Waals surface area contributed by atoms with E-state index in [1.807, 2.05) is 6.92 Å². The van der Waals surface area contributed by atoms with Crippen molar-refractivity contribution in [2.24, 2.45) is 5.92 Å². The van der Waals surface area contributed by atoms with Gasteiger partial charge < -0.3 is 14.4 Å². The normalized spacial score (nSPS) is 25.9. The van der Waals surface area contributed by atoms with Gasteiger partial charge in [0.25, 0.3) is 5.91 Å². The smallest absolute Gasteiger partial charge is 0.289 e. The molecule has 0 aromatic carbocycles. The molecule has 5 heteroatoms. The van der Waals surface area contributed by atoms with Crippen LogP contribution in [0.15, 0.2) is 21.2 Å². The zero-order valence-electron chi connectivity index (χ0n) is 8.31. The first-order valence-corrected chi connectivity index (χ1v) is 5.60. The molecule has 2 heterocycles. The molecule has 1 aromatic rings. The Kier molecular flexibility index (Phi) is 2.84. The molecule has 1 saturated heterocycles. The van der Waals surface area contributed by atoms with E-state index < -0.39 is 6.10 Å². The highest BCUT2D eigenvalue weighted by Crippen LogP contribution is 2.21. The molecular formula is C10H12BrNO3. The predicted octanol–water partition coefficient (Wildman–Crippen LogP) is 1.49. The SMILES string of the molecule is CC1CN(C(=O)c2ccc(Br)o2)CC1O.